The molecule has 1 aromatic heterocycles. The fraction of sp³-hybridized carbons (Fsp3) is 0.556. The molecular weight excluding hydrogens is 522 g/mol. The van der Waals surface area contributed by atoms with Crippen LogP contribution in [-0.2, 0) is 34.6 Å². The Morgan fingerprint density at radius 3 is 2.56 bits per heavy atom. The largest absolute Gasteiger partial charge is 0.391 e. The minimum atomic E-state index is -3.69. The number of fused-ring (bicyclic) bond motifs is 1. The standard InChI is InChI=1S/C27H35N5O6S/c1-18(33)15-38-17-26(2,3)39(36,37)27(10-11-27)16-32-12-9-21-22(30-31(4)23(21)25(32)35)24(34)29-14-20-7-5-19(13-28)6-8-20/h5-8,18,33H,9-12,14-17H2,1-4H3,(H,29,34). The Bertz CT molecular complexity index is 1400. The van der Waals surface area contributed by atoms with Crippen LogP contribution in [0.25, 0.3) is 0 Å². The maximum absolute atomic E-state index is 13.7. The first-order valence-corrected chi connectivity index (χ1v) is 14.4. The van der Waals surface area contributed by atoms with E-state index < -0.39 is 31.3 Å². The number of aromatic nitrogens is 2. The van der Waals surface area contributed by atoms with Gasteiger partial charge < -0.3 is 20.1 Å². The summed E-state index contributed by atoms with van der Waals surface area (Å²) >= 11 is 0. The number of aliphatic hydroxyl groups is 1. The van der Waals surface area contributed by atoms with E-state index in [1.165, 1.54) is 4.68 Å². The number of aryl methyl sites for hydroxylation is 1. The van der Waals surface area contributed by atoms with Crippen molar-refractivity contribution in [2.45, 2.75) is 62.2 Å². The monoisotopic (exact) mass is 557 g/mol. The van der Waals surface area contributed by atoms with E-state index >= 15 is 0 Å². The van der Waals surface area contributed by atoms with Crippen LogP contribution in [0.5, 0.6) is 0 Å². The lowest BCUT2D eigenvalue weighted by Gasteiger charge is -2.35. The summed E-state index contributed by atoms with van der Waals surface area (Å²) in [6.07, 6.45) is 0.603. The lowest BCUT2D eigenvalue weighted by Crippen LogP contribution is -2.52. The Labute approximate surface area is 228 Å². The molecule has 1 unspecified atom stereocenters. The molecule has 2 amide bonds. The highest BCUT2D eigenvalue weighted by Crippen LogP contribution is 2.49. The van der Waals surface area contributed by atoms with E-state index in [2.05, 4.69) is 16.5 Å². The van der Waals surface area contributed by atoms with Gasteiger partial charge in [-0.3, -0.25) is 14.3 Å². The number of amides is 2. The first-order valence-electron chi connectivity index (χ1n) is 12.9. The van der Waals surface area contributed by atoms with Gasteiger partial charge in [-0.05, 0) is 57.7 Å². The molecule has 2 aromatic rings. The number of carbonyl (C=O) groups is 2. The third kappa shape index (κ3) is 5.57. The number of hydrogen-bond acceptors (Lipinski definition) is 8. The number of nitrogens with zero attached hydrogens (tertiary/aromatic N) is 4. The summed E-state index contributed by atoms with van der Waals surface area (Å²) in [5, 5.41) is 25.5. The first-order chi connectivity index (χ1) is 18.3. The fourth-order valence-electron chi connectivity index (χ4n) is 5.00. The van der Waals surface area contributed by atoms with Crippen molar-refractivity contribution in [3.8, 4) is 6.07 Å². The number of carbonyl (C=O) groups excluding carboxylic acids is 2. The van der Waals surface area contributed by atoms with Crippen LogP contribution in [0, 0.1) is 11.3 Å². The smallest absolute Gasteiger partial charge is 0.272 e. The van der Waals surface area contributed by atoms with E-state index in [0.717, 1.165) is 5.56 Å². The van der Waals surface area contributed by atoms with E-state index in [4.69, 9.17) is 10.00 Å². The van der Waals surface area contributed by atoms with Crippen molar-refractivity contribution in [1.82, 2.24) is 20.0 Å². The lowest BCUT2D eigenvalue weighted by molar-refractivity contribution is 0.0379. The van der Waals surface area contributed by atoms with Gasteiger partial charge in [0, 0.05) is 32.2 Å². The Kier molecular flexibility index (Phi) is 7.89. The van der Waals surface area contributed by atoms with Gasteiger partial charge >= 0.3 is 0 Å². The van der Waals surface area contributed by atoms with Crippen molar-refractivity contribution in [3.05, 3.63) is 52.3 Å². The molecule has 0 radical (unpaired) electrons. The van der Waals surface area contributed by atoms with Crippen LogP contribution in [-0.4, -0.2) is 81.9 Å². The summed E-state index contributed by atoms with van der Waals surface area (Å²) in [6, 6.07) is 8.92. The molecule has 1 aromatic carbocycles. The molecule has 12 heteroatoms. The minimum absolute atomic E-state index is 0.0449. The highest BCUT2D eigenvalue weighted by atomic mass is 32.2. The molecule has 39 heavy (non-hydrogen) atoms. The van der Waals surface area contributed by atoms with Gasteiger partial charge in [-0.1, -0.05) is 12.1 Å². The van der Waals surface area contributed by atoms with Gasteiger partial charge in [0.2, 0.25) is 0 Å². The molecule has 1 fully saturated rings. The van der Waals surface area contributed by atoms with Gasteiger partial charge in [-0.15, -0.1) is 0 Å². The summed E-state index contributed by atoms with van der Waals surface area (Å²) in [5.74, 6) is -0.750. The van der Waals surface area contributed by atoms with Gasteiger partial charge in [0.25, 0.3) is 11.8 Å². The van der Waals surface area contributed by atoms with E-state index in [1.54, 1.807) is 57.0 Å². The summed E-state index contributed by atoms with van der Waals surface area (Å²) in [5.41, 5.74) is 2.37. The lowest BCUT2D eigenvalue weighted by atomic mass is 10.0. The number of nitrogens with one attached hydrogen (secondary N) is 1. The summed E-state index contributed by atoms with van der Waals surface area (Å²) in [6.45, 7) is 5.39. The van der Waals surface area contributed by atoms with E-state index in [0.29, 0.717) is 30.4 Å². The van der Waals surface area contributed by atoms with Crippen LogP contribution in [0.4, 0.5) is 0 Å². The average Bonchev–Trinajstić information content (AvgIpc) is 3.60. The molecular formula is C27H35N5O6S. The van der Waals surface area contributed by atoms with Crippen LogP contribution in [0.3, 0.4) is 0 Å². The van der Waals surface area contributed by atoms with Crippen molar-refractivity contribution in [2.24, 2.45) is 7.05 Å². The molecule has 0 bridgehead atoms. The molecule has 2 heterocycles. The van der Waals surface area contributed by atoms with Crippen molar-refractivity contribution in [2.75, 3.05) is 26.3 Å². The van der Waals surface area contributed by atoms with Crippen LogP contribution in [0.1, 0.15) is 71.3 Å². The Hall–Kier alpha value is -3.27. The average molecular weight is 558 g/mol. The third-order valence-corrected chi connectivity index (χ3v) is 10.7. The zero-order chi connectivity index (χ0) is 28.6. The number of benzene rings is 1. The molecule has 0 spiro atoms. The van der Waals surface area contributed by atoms with E-state index in [-0.39, 0.29) is 50.1 Å². The maximum atomic E-state index is 13.7. The Morgan fingerprint density at radius 2 is 1.97 bits per heavy atom. The number of hydrogen-bond donors (Lipinski definition) is 2. The fourth-order valence-corrected chi connectivity index (χ4v) is 7.38. The second-order valence-electron chi connectivity index (χ2n) is 11.1. The molecule has 2 N–H and O–H groups in total. The number of rotatable bonds is 11. The number of aliphatic hydroxyl groups excluding tert-OH is 1. The number of sulfone groups is 1. The Morgan fingerprint density at radius 1 is 1.31 bits per heavy atom. The van der Waals surface area contributed by atoms with Gasteiger partial charge in [-0.2, -0.15) is 10.4 Å². The van der Waals surface area contributed by atoms with Gasteiger partial charge in [0.1, 0.15) is 5.69 Å². The second kappa shape index (κ2) is 10.7. The molecule has 11 nitrogen and oxygen atoms in total. The normalized spacial score (nSPS) is 17.3. The van der Waals surface area contributed by atoms with E-state index in [1.807, 2.05) is 0 Å². The molecule has 0 saturated heterocycles. The van der Waals surface area contributed by atoms with Crippen molar-refractivity contribution in [1.29, 1.82) is 5.26 Å². The topological polar surface area (TPSA) is 155 Å². The quantitative estimate of drug-likeness (QED) is 0.420. The van der Waals surface area contributed by atoms with E-state index in [9.17, 15) is 23.1 Å². The molecule has 1 aliphatic carbocycles. The minimum Gasteiger partial charge on any atom is -0.391 e. The molecule has 1 aliphatic heterocycles. The van der Waals surface area contributed by atoms with Crippen LogP contribution in [0.2, 0.25) is 0 Å². The van der Waals surface area contributed by atoms with Crippen molar-refractivity contribution >= 4 is 21.7 Å². The number of nitriles is 1. The zero-order valence-corrected chi connectivity index (χ0v) is 23.5. The molecule has 1 atom stereocenters. The highest BCUT2D eigenvalue weighted by Gasteiger charge is 2.61. The predicted molar refractivity (Wildman–Crippen MR) is 143 cm³/mol. The molecule has 2 aliphatic rings. The second-order valence-corrected chi connectivity index (χ2v) is 14.1. The Balaban J connectivity index is 1.46. The third-order valence-electron chi connectivity index (χ3n) is 7.41. The van der Waals surface area contributed by atoms with Gasteiger partial charge in [0.05, 0.1) is 40.4 Å². The van der Waals surface area contributed by atoms with Crippen LogP contribution in [0.15, 0.2) is 24.3 Å². The molecule has 210 valence electrons. The SMILES string of the molecule is CC(O)COCC(C)(C)S(=O)(=O)C1(CN2CCc3c(C(=O)NCc4ccc(C#N)cc4)nn(C)c3C2=O)CC1. The predicted octanol–water partition coefficient (Wildman–Crippen LogP) is 1.34. The van der Waals surface area contributed by atoms with Crippen LogP contribution < -0.4 is 5.32 Å². The summed E-state index contributed by atoms with van der Waals surface area (Å²) in [7, 11) is -2.09. The zero-order valence-electron chi connectivity index (χ0n) is 22.7. The van der Waals surface area contributed by atoms with Crippen molar-refractivity contribution < 1.29 is 27.9 Å². The maximum Gasteiger partial charge on any atom is 0.272 e. The summed E-state index contributed by atoms with van der Waals surface area (Å²) in [4.78, 5) is 28.0. The molecule has 4 rings (SSSR count). The highest BCUT2D eigenvalue weighted by molar-refractivity contribution is 7.94. The molecule has 1 saturated carbocycles. The van der Waals surface area contributed by atoms with Crippen LogP contribution >= 0.6 is 0 Å². The van der Waals surface area contributed by atoms with Crippen molar-refractivity contribution in [3.63, 3.8) is 0 Å². The summed E-state index contributed by atoms with van der Waals surface area (Å²) < 4.78 is 31.9. The first kappa shape index (κ1) is 28.7. The van der Waals surface area contributed by atoms with Gasteiger partial charge in [-0.25, -0.2) is 8.42 Å². The van der Waals surface area contributed by atoms with Gasteiger partial charge in [0.15, 0.2) is 15.5 Å². The number of ether oxygens (including phenoxy) is 1.